The number of aryl methyl sites for hydroxylation is 1. The van der Waals surface area contributed by atoms with E-state index in [-0.39, 0.29) is 0 Å². The summed E-state index contributed by atoms with van der Waals surface area (Å²) in [7, 11) is 0. The molecule has 2 aromatic rings. The number of nitrogens with one attached hydrogen (secondary N) is 1. The molecule has 2 nitrogen and oxygen atoms in total. The average Bonchev–Trinajstić information content (AvgIpc) is 2.41. The second kappa shape index (κ2) is 2.75. The first-order valence-corrected chi connectivity index (χ1v) is 4.66. The van der Waals surface area contributed by atoms with Crippen molar-refractivity contribution in [2.45, 2.75) is 6.92 Å². The molecule has 62 valence electrons. The maximum absolute atomic E-state index is 5.74. The number of nitrogens with zero attached hydrogens (tertiary/aromatic N) is 1. The van der Waals surface area contributed by atoms with Crippen LogP contribution < -0.4 is 0 Å². The van der Waals surface area contributed by atoms with Crippen LogP contribution in [0.15, 0.2) is 16.6 Å². The zero-order chi connectivity index (χ0) is 8.72. The van der Waals surface area contributed by atoms with Crippen molar-refractivity contribution in [2.24, 2.45) is 0 Å². The number of fused-ring (bicyclic) bond motifs is 1. The SMILES string of the molecule is Cc1ccc(Br)c2[nH]c(Cl)nc12. The lowest BCUT2D eigenvalue weighted by Gasteiger charge is -1.95. The number of rotatable bonds is 0. The predicted molar refractivity (Wildman–Crippen MR) is 53.5 cm³/mol. The minimum absolute atomic E-state index is 0.431. The zero-order valence-electron chi connectivity index (χ0n) is 6.36. The molecule has 0 aliphatic rings. The predicted octanol–water partition coefficient (Wildman–Crippen LogP) is 3.29. The van der Waals surface area contributed by atoms with Gasteiger partial charge in [-0.15, -0.1) is 0 Å². The molecule has 0 aliphatic heterocycles. The van der Waals surface area contributed by atoms with E-state index in [9.17, 15) is 0 Å². The van der Waals surface area contributed by atoms with E-state index in [1.807, 2.05) is 19.1 Å². The molecule has 0 saturated carbocycles. The molecule has 1 aromatic heterocycles. The van der Waals surface area contributed by atoms with Crippen LogP contribution in [0.2, 0.25) is 5.28 Å². The molecule has 12 heavy (non-hydrogen) atoms. The Morgan fingerprint density at radius 1 is 1.50 bits per heavy atom. The van der Waals surface area contributed by atoms with Gasteiger partial charge in [0.15, 0.2) is 0 Å². The fraction of sp³-hybridized carbons (Fsp3) is 0.125. The first-order chi connectivity index (χ1) is 5.68. The van der Waals surface area contributed by atoms with Crippen molar-refractivity contribution in [3.05, 3.63) is 27.5 Å². The van der Waals surface area contributed by atoms with Crippen LogP contribution in [0.1, 0.15) is 5.56 Å². The molecule has 0 amide bonds. The number of aromatic amines is 1. The zero-order valence-corrected chi connectivity index (χ0v) is 8.70. The van der Waals surface area contributed by atoms with Gasteiger partial charge in [0, 0.05) is 4.47 Å². The molecule has 1 N–H and O–H groups in total. The van der Waals surface area contributed by atoms with Crippen molar-refractivity contribution in [1.29, 1.82) is 0 Å². The van der Waals surface area contributed by atoms with E-state index in [0.717, 1.165) is 21.1 Å². The van der Waals surface area contributed by atoms with E-state index >= 15 is 0 Å². The van der Waals surface area contributed by atoms with Gasteiger partial charge in [-0.3, -0.25) is 0 Å². The molecule has 0 radical (unpaired) electrons. The third kappa shape index (κ3) is 1.13. The van der Waals surface area contributed by atoms with Gasteiger partial charge in [-0.2, -0.15) is 0 Å². The smallest absolute Gasteiger partial charge is 0.201 e. The molecule has 0 atom stereocenters. The van der Waals surface area contributed by atoms with Gasteiger partial charge >= 0.3 is 0 Å². The molecule has 1 heterocycles. The van der Waals surface area contributed by atoms with Gasteiger partial charge in [-0.25, -0.2) is 4.98 Å². The minimum Gasteiger partial charge on any atom is -0.328 e. The highest BCUT2D eigenvalue weighted by Crippen LogP contribution is 2.25. The van der Waals surface area contributed by atoms with E-state index in [2.05, 4.69) is 25.9 Å². The molecule has 0 saturated heterocycles. The van der Waals surface area contributed by atoms with Crippen LogP contribution in [-0.4, -0.2) is 9.97 Å². The van der Waals surface area contributed by atoms with Gasteiger partial charge in [-0.05, 0) is 46.1 Å². The van der Waals surface area contributed by atoms with Crippen LogP contribution >= 0.6 is 27.5 Å². The summed E-state index contributed by atoms with van der Waals surface area (Å²) >= 11 is 9.15. The third-order valence-electron chi connectivity index (χ3n) is 1.77. The van der Waals surface area contributed by atoms with Crippen molar-refractivity contribution in [3.63, 3.8) is 0 Å². The molecular weight excluding hydrogens is 239 g/mol. The van der Waals surface area contributed by atoms with Gasteiger partial charge < -0.3 is 4.98 Å². The molecule has 1 aromatic carbocycles. The Morgan fingerprint density at radius 3 is 2.92 bits per heavy atom. The molecule has 0 fully saturated rings. The number of H-pyrrole nitrogens is 1. The molecule has 2 rings (SSSR count). The summed E-state index contributed by atoms with van der Waals surface area (Å²) in [5, 5.41) is 0.431. The van der Waals surface area contributed by atoms with E-state index in [0.29, 0.717) is 5.28 Å². The number of aromatic nitrogens is 2. The Kier molecular flexibility index (Phi) is 1.85. The molecule has 0 bridgehead atoms. The van der Waals surface area contributed by atoms with Crippen molar-refractivity contribution in [2.75, 3.05) is 0 Å². The number of hydrogen-bond donors (Lipinski definition) is 1. The molecule has 4 heteroatoms. The Labute approximate surface area is 83.1 Å². The van der Waals surface area contributed by atoms with Crippen LogP contribution in [0.5, 0.6) is 0 Å². The number of benzene rings is 1. The molecule has 0 aliphatic carbocycles. The van der Waals surface area contributed by atoms with Crippen molar-refractivity contribution in [1.82, 2.24) is 9.97 Å². The fourth-order valence-electron chi connectivity index (χ4n) is 1.16. The standard InChI is InChI=1S/C8H6BrClN2/c1-4-2-3-5(9)7-6(4)11-8(10)12-7/h2-3H,1H3,(H,11,12). The van der Waals surface area contributed by atoms with Crippen molar-refractivity contribution >= 4 is 38.6 Å². The van der Waals surface area contributed by atoms with Crippen LogP contribution in [0.3, 0.4) is 0 Å². The summed E-state index contributed by atoms with van der Waals surface area (Å²) in [5.41, 5.74) is 3.01. The van der Waals surface area contributed by atoms with Gasteiger partial charge in [0.05, 0.1) is 11.0 Å². The summed E-state index contributed by atoms with van der Waals surface area (Å²) in [6.45, 7) is 2.01. The van der Waals surface area contributed by atoms with E-state index < -0.39 is 0 Å². The number of halogens is 2. The minimum atomic E-state index is 0.431. The lowest BCUT2D eigenvalue weighted by molar-refractivity contribution is 1.33. The maximum Gasteiger partial charge on any atom is 0.201 e. The van der Waals surface area contributed by atoms with Gasteiger partial charge in [0.1, 0.15) is 0 Å². The Morgan fingerprint density at radius 2 is 2.25 bits per heavy atom. The summed E-state index contributed by atoms with van der Waals surface area (Å²) in [6.07, 6.45) is 0. The lowest BCUT2D eigenvalue weighted by Crippen LogP contribution is -1.76. The second-order valence-corrected chi connectivity index (χ2v) is 3.83. The monoisotopic (exact) mass is 244 g/mol. The quantitative estimate of drug-likeness (QED) is 0.758. The summed E-state index contributed by atoms with van der Waals surface area (Å²) < 4.78 is 0.988. The molecule has 0 unspecified atom stereocenters. The van der Waals surface area contributed by atoms with Gasteiger partial charge in [-0.1, -0.05) is 6.07 Å². The van der Waals surface area contributed by atoms with Crippen LogP contribution in [0.4, 0.5) is 0 Å². The molecule has 0 spiro atoms. The summed E-state index contributed by atoms with van der Waals surface area (Å²) in [6, 6.07) is 3.98. The van der Waals surface area contributed by atoms with Crippen molar-refractivity contribution in [3.8, 4) is 0 Å². The van der Waals surface area contributed by atoms with Crippen LogP contribution in [0, 0.1) is 6.92 Å². The number of imidazole rings is 1. The van der Waals surface area contributed by atoms with E-state index in [4.69, 9.17) is 11.6 Å². The highest BCUT2D eigenvalue weighted by atomic mass is 79.9. The Balaban J connectivity index is 2.93. The van der Waals surface area contributed by atoms with E-state index in [1.165, 1.54) is 0 Å². The Bertz CT molecular complexity index is 397. The Hall–Kier alpha value is -0.540. The third-order valence-corrected chi connectivity index (χ3v) is 2.61. The van der Waals surface area contributed by atoms with Crippen molar-refractivity contribution < 1.29 is 0 Å². The maximum atomic E-state index is 5.74. The highest BCUT2D eigenvalue weighted by molar-refractivity contribution is 9.10. The van der Waals surface area contributed by atoms with Gasteiger partial charge in [0.25, 0.3) is 0 Å². The second-order valence-electron chi connectivity index (χ2n) is 2.62. The summed E-state index contributed by atoms with van der Waals surface area (Å²) in [4.78, 5) is 7.13. The van der Waals surface area contributed by atoms with E-state index in [1.54, 1.807) is 0 Å². The largest absolute Gasteiger partial charge is 0.328 e. The summed E-state index contributed by atoms with van der Waals surface area (Å²) in [5.74, 6) is 0. The lowest BCUT2D eigenvalue weighted by atomic mass is 10.2. The van der Waals surface area contributed by atoms with Gasteiger partial charge in [0.2, 0.25) is 5.28 Å². The van der Waals surface area contributed by atoms with Crippen LogP contribution in [0.25, 0.3) is 11.0 Å². The molecular formula is C8H6BrClN2. The number of hydrogen-bond acceptors (Lipinski definition) is 1. The topological polar surface area (TPSA) is 28.7 Å². The average molecular weight is 246 g/mol. The first-order valence-electron chi connectivity index (χ1n) is 3.49. The first kappa shape index (κ1) is 8.08. The fourth-order valence-corrected chi connectivity index (χ4v) is 1.76. The normalized spacial score (nSPS) is 10.9. The van der Waals surface area contributed by atoms with Crippen LogP contribution in [-0.2, 0) is 0 Å². The highest BCUT2D eigenvalue weighted by Gasteiger charge is 2.05.